The third-order valence-corrected chi connectivity index (χ3v) is 3.39. The van der Waals surface area contributed by atoms with Gasteiger partial charge in [0.1, 0.15) is 18.2 Å². The number of nitro groups is 1. The lowest BCUT2D eigenvalue weighted by Gasteiger charge is -2.08. The Hall–Kier alpha value is -3.48. The van der Waals surface area contributed by atoms with Gasteiger partial charge in [0.15, 0.2) is 0 Å². The molecule has 0 saturated heterocycles. The smallest absolute Gasteiger partial charge is 0.269 e. The van der Waals surface area contributed by atoms with Crippen LogP contribution in [0.3, 0.4) is 0 Å². The Kier molecular flexibility index (Phi) is 4.33. The molecular weight excluding hydrogens is 308 g/mol. The molecule has 2 heterocycles. The normalized spacial score (nSPS) is 10.3. The summed E-state index contributed by atoms with van der Waals surface area (Å²) >= 11 is 0. The molecule has 7 nitrogen and oxygen atoms in total. The van der Waals surface area contributed by atoms with Gasteiger partial charge < -0.3 is 10.5 Å². The Bertz CT molecular complexity index is 848. The molecule has 7 heteroatoms. The maximum absolute atomic E-state index is 10.6. The first-order valence-corrected chi connectivity index (χ1v) is 7.15. The number of non-ortho nitro benzene ring substituents is 1. The second-order valence-corrected chi connectivity index (χ2v) is 5.09. The number of anilines is 1. The molecule has 0 radical (unpaired) electrons. The molecule has 0 aliphatic heterocycles. The Balaban J connectivity index is 1.70. The van der Waals surface area contributed by atoms with Crippen molar-refractivity contribution in [2.24, 2.45) is 0 Å². The van der Waals surface area contributed by atoms with Crippen LogP contribution in [0.15, 0.2) is 61.1 Å². The lowest BCUT2D eigenvalue weighted by molar-refractivity contribution is -0.384. The van der Waals surface area contributed by atoms with E-state index in [1.165, 1.54) is 12.1 Å². The zero-order chi connectivity index (χ0) is 16.9. The van der Waals surface area contributed by atoms with E-state index in [1.54, 1.807) is 36.8 Å². The largest absolute Gasteiger partial charge is 0.487 e. The fourth-order valence-electron chi connectivity index (χ4n) is 2.11. The van der Waals surface area contributed by atoms with Crippen molar-refractivity contribution in [1.82, 2.24) is 9.97 Å². The molecule has 0 spiro atoms. The summed E-state index contributed by atoms with van der Waals surface area (Å²) in [4.78, 5) is 18.4. The quantitative estimate of drug-likeness (QED) is 0.571. The fourth-order valence-corrected chi connectivity index (χ4v) is 2.11. The highest BCUT2D eigenvalue weighted by atomic mass is 16.6. The second kappa shape index (κ2) is 6.74. The van der Waals surface area contributed by atoms with Crippen LogP contribution in [0.2, 0.25) is 0 Å². The van der Waals surface area contributed by atoms with Gasteiger partial charge in [-0.15, -0.1) is 0 Å². The second-order valence-electron chi connectivity index (χ2n) is 5.09. The number of ether oxygens (including phenoxy) is 1. The van der Waals surface area contributed by atoms with E-state index in [0.717, 1.165) is 16.7 Å². The van der Waals surface area contributed by atoms with Crippen molar-refractivity contribution < 1.29 is 9.66 Å². The summed E-state index contributed by atoms with van der Waals surface area (Å²) in [6.07, 6.45) is 5.00. The number of hydrogen-bond acceptors (Lipinski definition) is 6. The van der Waals surface area contributed by atoms with Gasteiger partial charge >= 0.3 is 0 Å². The monoisotopic (exact) mass is 322 g/mol. The third-order valence-electron chi connectivity index (χ3n) is 3.39. The van der Waals surface area contributed by atoms with Gasteiger partial charge in [-0.05, 0) is 35.9 Å². The molecular formula is C17H14N4O3. The molecule has 1 aromatic carbocycles. The number of nitrogens with zero attached hydrogens (tertiary/aromatic N) is 3. The minimum Gasteiger partial charge on any atom is -0.487 e. The molecule has 3 rings (SSSR count). The summed E-state index contributed by atoms with van der Waals surface area (Å²) in [5.41, 5.74) is 8.22. The van der Waals surface area contributed by atoms with Crippen LogP contribution in [-0.4, -0.2) is 14.9 Å². The van der Waals surface area contributed by atoms with Crippen LogP contribution in [0.5, 0.6) is 5.75 Å². The Labute approximate surface area is 137 Å². The van der Waals surface area contributed by atoms with Crippen LogP contribution >= 0.6 is 0 Å². The predicted molar refractivity (Wildman–Crippen MR) is 89.3 cm³/mol. The van der Waals surface area contributed by atoms with Crippen molar-refractivity contribution in [1.29, 1.82) is 0 Å². The highest BCUT2D eigenvalue weighted by Gasteiger charge is 2.05. The number of hydrogen-bond donors (Lipinski definition) is 1. The number of nitrogens with two attached hydrogens (primary N) is 1. The summed E-state index contributed by atoms with van der Waals surface area (Å²) in [6, 6.07) is 11.7. The van der Waals surface area contributed by atoms with E-state index < -0.39 is 4.92 Å². The molecule has 120 valence electrons. The van der Waals surface area contributed by atoms with Crippen molar-refractivity contribution >= 4 is 11.5 Å². The minimum absolute atomic E-state index is 0.0539. The van der Waals surface area contributed by atoms with Gasteiger partial charge in [0.2, 0.25) is 0 Å². The molecule has 0 fully saturated rings. The molecule has 3 aromatic rings. The molecule has 0 aliphatic carbocycles. The van der Waals surface area contributed by atoms with Crippen molar-refractivity contribution in [3.8, 4) is 16.9 Å². The summed E-state index contributed by atoms with van der Waals surface area (Å²) in [7, 11) is 0. The molecule has 24 heavy (non-hydrogen) atoms. The average molecular weight is 322 g/mol. The highest BCUT2D eigenvalue weighted by molar-refractivity contribution is 5.63. The Morgan fingerprint density at radius 1 is 1.04 bits per heavy atom. The van der Waals surface area contributed by atoms with Crippen LogP contribution in [-0.2, 0) is 6.61 Å². The van der Waals surface area contributed by atoms with Gasteiger partial charge in [-0.25, -0.2) is 4.98 Å². The van der Waals surface area contributed by atoms with Crippen LogP contribution in [0.25, 0.3) is 11.1 Å². The zero-order valence-electron chi connectivity index (χ0n) is 12.6. The zero-order valence-corrected chi connectivity index (χ0v) is 12.6. The molecule has 0 atom stereocenters. The highest BCUT2D eigenvalue weighted by Crippen LogP contribution is 2.23. The van der Waals surface area contributed by atoms with E-state index in [9.17, 15) is 10.1 Å². The summed E-state index contributed by atoms with van der Waals surface area (Å²) in [5, 5.41) is 10.6. The van der Waals surface area contributed by atoms with Crippen molar-refractivity contribution in [3.63, 3.8) is 0 Å². The minimum atomic E-state index is -0.432. The molecule has 0 bridgehead atoms. The number of nitro benzene ring substituents is 1. The van der Waals surface area contributed by atoms with E-state index in [0.29, 0.717) is 18.2 Å². The summed E-state index contributed by atoms with van der Waals surface area (Å²) < 4.78 is 5.70. The summed E-state index contributed by atoms with van der Waals surface area (Å²) in [5.74, 6) is 1.06. The molecule has 2 aromatic heterocycles. The maximum atomic E-state index is 10.6. The first-order valence-electron chi connectivity index (χ1n) is 7.15. The Morgan fingerprint density at radius 2 is 1.83 bits per heavy atom. The number of pyridine rings is 2. The van der Waals surface area contributed by atoms with Crippen molar-refractivity contribution in [3.05, 3.63) is 76.7 Å². The van der Waals surface area contributed by atoms with Gasteiger partial charge in [0.25, 0.3) is 5.69 Å². The number of aromatic nitrogens is 2. The van der Waals surface area contributed by atoms with Gasteiger partial charge in [0.05, 0.1) is 11.1 Å². The van der Waals surface area contributed by atoms with Crippen molar-refractivity contribution in [2.45, 2.75) is 6.61 Å². The first kappa shape index (κ1) is 15.4. The van der Waals surface area contributed by atoms with Gasteiger partial charge in [-0.3, -0.25) is 15.1 Å². The lowest BCUT2D eigenvalue weighted by atomic mass is 10.1. The molecule has 0 amide bonds. The SMILES string of the molecule is Nc1ccc(-c2cncc(OCc3ccc([N+](=O)[O-])cc3)c2)cn1. The fraction of sp³-hybridized carbons (Fsp3) is 0.0588. The maximum Gasteiger partial charge on any atom is 0.269 e. The topological polar surface area (TPSA) is 104 Å². The molecule has 2 N–H and O–H groups in total. The summed E-state index contributed by atoms with van der Waals surface area (Å²) in [6.45, 7) is 0.295. The van der Waals surface area contributed by atoms with E-state index in [2.05, 4.69) is 9.97 Å². The lowest BCUT2D eigenvalue weighted by Crippen LogP contribution is -1.97. The van der Waals surface area contributed by atoms with Crippen molar-refractivity contribution in [2.75, 3.05) is 5.73 Å². The molecule has 0 aliphatic rings. The third kappa shape index (κ3) is 3.64. The van der Waals surface area contributed by atoms with Gasteiger partial charge in [-0.1, -0.05) is 0 Å². The molecule has 0 unspecified atom stereocenters. The van der Waals surface area contributed by atoms with E-state index >= 15 is 0 Å². The standard InChI is InChI=1S/C17H14N4O3/c18-17-6-3-13(9-20-17)14-7-16(10-19-8-14)24-11-12-1-4-15(5-2-12)21(22)23/h1-10H,11H2,(H2,18,20). The number of benzene rings is 1. The van der Waals surface area contributed by atoms with Gasteiger partial charge in [0, 0.05) is 35.7 Å². The van der Waals surface area contributed by atoms with Crippen LogP contribution in [0.4, 0.5) is 11.5 Å². The van der Waals surface area contributed by atoms with Gasteiger partial charge in [-0.2, -0.15) is 0 Å². The van der Waals surface area contributed by atoms with E-state index in [4.69, 9.17) is 10.5 Å². The Morgan fingerprint density at radius 3 is 2.50 bits per heavy atom. The number of nitrogen functional groups attached to an aromatic ring is 1. The van der Waals surface area contributed by atoms with E-state index in [-0.39, 0.29) is 5.69 Å². The molecule has 0 saturated carbocycles. The van der Waals surface area contributed by atoms with E-state index in [1.807, 2.05) is 12.1 Å². The first-order chi connectivity index (χ1) is 11.6. The predicted octanol–water partition coefficient (Wildman–Crippen LogP) is 3.21. The average Bonchev–Trinajstić information content (AvgIpc) is 2.61. The van der Waals surface area contributed by atoms with Crippen LogP contribution in [0.1, 0.15) is 5.56 Å². The number of rotatable bonds is 5. The van der Waals surface area contributed by atoms with Crippen LogP contribution in [0, 0.1) is 10.1 Å². The van der Waals surface area contributed by atoms with Crippen LogP contribution < -0.4 is 10.5 Å².